The number of hydrogen-bond donors (Lipinski definition) is 0. The summed E-state index contributed by atoms with van der Waals surface area (Å²) in [7, 11) is -6.42. The fourth-order valence-corrected chi connectivity index (χ4v) is 4.06. The minimum atomic E-state index is -3.22. The molecular formula is C7H15ClO4S2. The number of rotatable bonds is 7. The summed E-state index contributed by atoms with van der Waals surface area (Å²) in [6.45, 7) is 0. The fraction of sp³-hybridized carbons (Fsp3) is 1.00. The lowest BCUT2D eigenvalue weighted by molar-refractivity contribution is 0.588. The molecule has 0 saturated heterocycles. The Balaban J connectivity index is 3.97. The van der Waals surface area contributed by atoms with Crippen molar-refractivity contribution in [2.75, 3.05) is 29.4 Å². The van der Waals surface area contributed by atoms with Crippen LogP contribution in [-0.4, -0.2) is 46.2 Å². The highest BCUT2D eigenvalue weighted by atomic mass is 35.5. The molecular weight excluding hydrogens is 248 g/mol. The molecule has 0 spiro atoms. The third kappa shape index (κ3) is 8.77. The van der Waals surface area contributed by atoms with E-state index in [9.17, 15) is 16.8 Å². The highest BCUT2D eigenvalue weighted by Crippen LogP contribution is 2.00. The molecule has 7 heteroatoms. The summed E-state index contributed by atoms with van der Waals surface area (Å²) in [5.41, 5.74) is 0. The summed E-state index contributed by atoms with van der Waals surface area (Å²) in [4.78, 5) is 0. The van der Waals surface area contributed by atoms with Crippen LogP contribution in [0, 0.1) is 0 Å². The van der Waals surface area contributed by atoms with Gasteiger partial charge >= 0.3 is 0 Å². The molecule has 0 radical (unpaired) electrons. The van der Waals surface area contributed by atoms with Crippen LogP contribution in [0.1, 0.15) is 12.8 Å². The van der Waals surface area contributed by atoms with Gasteiger partial charge in [0, 0.05) is 12.1 Å². The molecule has 0 fully saturated rings. The van der Waals surface area contributed by atoms with Crippen LogP contribution in [0.3, 0.4) is 0 Å². The zero-order valence-electron chi connectivity index (χ0n) is 8.07. The number of hydrogen-bond acceptors (Lipinski definition) is 4. The third-order valence-corrected chi connectivity index (χ3v) is 4.81. The van der Waals surface area contributed by atoms with E-state index in [1.54, 1.807) is 0 Å². The number of sulfone groups is 2. The van der Waals surface area contributed by atoms with Crippen LogP contribution in [-0.2, 0) is 19.7 Å². The average molecular weight is 263 g/mol. The smallest absolute Gasteiger partial charge is 0.151 e. The Bertz CT molecular complexity index is 344. The predicted octanol–water partition coefficient (Wildman–Crippen LogP) is 0.465. The van der Waals surface area contributed by atoms with Crippen molar-refractivity contribution in [3.05, 3.63) is 0 Å². The van der Waals surface area contributed by atoms with Gasteiger partial charge in [0.05, 0.1) is 17.3 Å². The Hall–Kier alpha value is 0.190. The van der Waals surface area contributed by atoms with E-state index in [2.05, 4.69) is 0 Å². The minimum absolute atomic E-state index is 0.0231. The summed E-state index contributed by atoms with van der Waals surface area (Å²) in [6.07, 6.45) is 2.16. The lowest BCUT2D eigenvalue weighted by Gasteiger charge is -2.02. The fourth-order valence-electron chi connectivity index (χ4n) is 0.797. The van der Waals surface area contributed by atoms with Crippen molar-refractivity contribution in [2.24, 2.45) is 0 Å². The molecule has 4 nitrogen and oxygen atoms in total. The maximum absolute atomic E-state index is 11.2. The van der Waals surface area contributed by atoms with Gasteiger partial charge in [0.25, 0.3) is 0 Å². The molecule has 0 aliphatic rings. The van der Waals surface area contributed by atoms with Crippen molar-refractivity contribution < 1.29 is 16.8 Å². The molecule has 0 unspecified atom stereocenters. The lowest BCUT2D eigenvalue weighted by atomic mass is 10.4. The molecule has 0 saturated carbocycles. The monoisotopic (exact) mass is 262 g/mol. The van der Waals surface area contributed by atoms with Gasteiger partial charge in [-0.25, -0.2) is 16.8 Å². The lowest BCUT2D eigenvalue weighted by Crippen LogP contribution is -2.18. The zero-order valence-corrected chi connectivity index (χ0v) is 10.5. The van der Waals surface area contributed by atoms with Gasteiger partial charge in [-0.15, -0.1) is 11.6 Å². The van der Waals surface area contributed by atoms with Crippen LogP contribution >= 0.6 is 11.6 Å². The van der Waals surface area contributed by atoms with E-state index in [4.69, 9.17) is 11.6 Å². The zero-order chi connectivity index (χ0) is 11.2. The Kier molecular flexibility index (Phi) is 6.00. The Labute approximate surface area is 90.5 Å². The van der Waals surface area contributed by atoms with E-state index < -0.39 is 19.7 Å². The quantitative estimate of drug-likeness (QED) is 0.494. The normalized spacial score (nSPS) is 13.0. The molecule has 0 heterocycles. The number of unbranched alkanes of at least 4 members (excludes halogenated alkanes) is 1. The van der Waals surface area contributed by atoms with Crippen LogP contribution in [0.15, 0.2) is 0 Å². The van der Waals surface area contributed by atoms with Crippen molar-refractivity contribution in [2.45, 2.75) is 12.8 Å². The first-order valence-corrected chi connectivity index (χ1v) is 8.62. The van der Waals surface area contributed by atoms with Crippen LogP contribution in [0.4, 0.5) is 0 Å². The maximum Gasteiger partial charge on any atom is 0.151 e. The van der Waals surface area contributed by atoms with Crippen LogP contribution in [0.25, 0.3) is 0 Å². The third-order valence-electron chi connectivity index (χ3n) is 1.60. The minimum Gasteiger partial charge on any atom is -0.229 e. The molecule has 14 heavy (non-hydrogen) atoms. The van der Waals surface area contributed by atoms with E-state index in [0.717, 1.165) is 6.26 Å². The van der Waals surface area contributed by atoms with Gasteiger partial charge in [0.15, 0.2) is 9.84 Å². The van der Waals surface area contributed by atoms with Crippen molar-refractivity contribution in [3.8, 4) is 0 Å². The molecule has 0 amide bonds. The van der Waals surface area contributed by atoms with E-state index in [1.807, 2.05) is 0 Å². The number of alkyl halides is 1. The molecule has 0 aliphatic heterocycles. The summed E-state index contributed by atoms with van der Waals surface area (Å²) >= 11 is 5.39. The van der Waals surface area contributed by atoms with Gasteiger partial charge in [-0.3, -0.25) is 0 Å². The summed E-state index contributed by atoms with van der Waals surface area (Å²) < 4.78 is 43.9. The van der Waals surface area contributed by atoms with Gasteiger partial charge in [-0.2, -0.15) is 0 Å². The van der Waals surface area contributed by atoms with Crippen molar-refractivity contribution >= 4 is 31.3 Å². The summed E-state index contributed by atoms with van der Waals surface area (Å²) in [6, 6.07) is 0. The van der Waals surface area contributed by atoms with Crippen molar-refractivity contribution in [1.82, 2.24) is 0 Å². The molecule has 86 valence electrons. The Morgan fingerprint density at radius 1 is 0.929 bits per heavy atom. The largest absolute Gasteiger partial charge is 0.229 e. The van der Waals surface area contributed by atoms with E-state index in [0.29, 0.717) is 18.7 Å². The van der Waals surface area contributed by atoms with Crippen LogP contribution in [0.2, 0.25) is 0 Å². The standard InChI is InChI=1S/C7H15ClO4S2/c1-13(9,10)6-7-14(11,12)5-3-2-4-8/h2-7H2,1H3. The molecule has 0 atom stereocenters. The van der Waals surface area contributed by atoms with Gasteiger partial charge in [0.1, 0.15) is 9.84 Å². The van der Waals surface area contributed by atoms with E-state index >= 15 is 0 Å². The van der Waals surface area contributed by atoms with Crippen LogP contribution in [0.5, 0.6) is 0 Å². The maximum atomic E-state index is 11.2. The molecule has 0 aromatic rings. The second kappa shape index (κ2) is 5.92. The van der Waals surface area contributed by atoms with Crippen molar-refractivity contribution in [1.29, 1.82) is 0 Å². The van der Waals surface area contributed by atoms with Crippen molar-refractivity contribution in [3.63, 3.8) is 0 Å². The first-order valence-electron chi connectivity index (χ1n) is 4.21. The van der Waals surface area contributed by atoms with E-state index in [-0.39, 0.29) is 17.3 Å². The molecule has 0 aliphatic carbocycles. The highest BCUT2D eigenvalue weighted by molar-refractivity contribution is 7.94. The highest BCUT2D eigenvalue weighted by Gasteiger charge is 2.13. The SMILES string of the molecule is CS(=O)(=O)CCS(=O)(=O)CCCCCl. The molecule has 0 rings (SSSR count). The molecule has 0 aromatic carbocycles. The first-order chi connectivity index (χ1) is 6.27. The Morgan fingerprint density at radius 2 is 1.50 bits per heavy atom. The molecule has 0 bridgehead atoms. The molecule has 0 N–H and O–H groups in total. The summed E-state index contributed by atoms with van der Waals surface area (Å²) in [5.74, 6) is -0.124. The van der Waals surface area contributed by atoms with Gasteiger partial charge in [0.2, 0.25) is 0 Å². The summed E-state index contributed by atoms with van der Waals surface area (Å²) in [5, 5.41) is 0. The van der Waals surface area contributed by atoms with Gasteiger partial charge in [-0.1, -0.05) is 0 Å². The average Bonchev–Trinajstić information content (AvgIpc) is 2.00. The topological polar surface area (TPSA) is 68.3 Å². The van der Waals surface area contributed by atoms with Gasteiger partial charge in [-0.05, 0) is 12.8 Å². The molecule has 0 aromatic heterocycles. The first kappa shape index (κ1) is 14.2. The number of halogens is 1. The van der Waals surface area contributed by atoms with Crippen LogP contribution < -0.4 is 0 Å². The van der Waals surface area contributed by atoms with Gasteiger partial charge < -0.3 is 0 Å². The Morgan fingerprint density at radius 3 is 1.93 bits per heavy atom. The second-order valence-corrected chi connectivity index (χ2v) is 8.12. The van der Waals surface area contributed by atoms with E-state index in [1.165, 1.54) is 0 Å². The second-order valence-electron chi connectivity index (χ2n) is 3.18. The predicted molar refractivity (Wildman–Crippen MR) is 58.3 cm³/mol.